The Bertz CT molecular complexity index is 525. The number of aromatic nitrogens is 4. The van der Waals surface area contributed by atoms with Crippen LogP contribution in [0.3, 0.4) is 0 Å². The molecule has 2 aromatic heterocycles. The first-order chi connectivity index (χ1) is 9.20. The number of H-pyrrole nitrogens is 1. The summed E-state index contributed by atoms with van der Waals surface area (Å²) in [5.74, 6) is 0.677. The lowest BCUT2D eigenvalue weighted by Crippen LogP contribution is -2.13. The standard InChI is InChI=1S/C13H21N5O/c1-3-4-5-6-7-9(2)19-12-10-11(16-8-15-10)17-13(14)18-12/h8-9H,3-7H2,1-2H3,(H3,14,15,16,17,18). The fourth-order valence-electron chi connectivity index (χ4n) is 2.02. The van der Waals surface area contributed by atoms with E-state index in [1.807, 2.05) is 6.92 Å². The van der Waals surface area contributed by atoms with Crippen LogP contribution in [-0.4, -0.2) is 26.0 Å². The molecule has 2 rings (SSSR count). The second-order valence-electron chi connectivity index (χ2n) is 4.77. The van der Waals surface area contributed by atoms with Crippen LogP contribution in [0, 0.1) is 0 Å². The van der Waals surface area contributed by atoms with Crippen LogP contribution in [0.1, 0.15) is 46.0 Å². The number of fused-ring (bicyclic) bond motifs is 1. The zero-order valence-electron chi connectivity index (χ0n) is 11.5. The van der Waals surface area contributed by atoms with Crippen molar-refractivity contribution in [3.8, 4) is 5.88 Å². The van der Waals surface area contributed by atoms with E-state index in [1.54, 1.807) is 6.33 Å². The average Bonchev–Trinajstić information content (AvgIpc) is 2.82. The minimum absolute atomic E-state index is 0.109. The van der Waals surface area contributed by atoms with Crippen LogP contribution in [0.2, 0.25) is 0 Å². The summed E-state index contributed by atoms with van der Waals surface area (Å²) in [6.45, 7) is 4.25. The summed E-state index contributed by atoms with van der Waals surface area (Å²) in [4.78, 5) is 15.2. The number of imidazole rings is 1. The summed E-state index contributed by atoms with van der Waals surface area (Å²) in [7, 11) is 0. The number of rotatable bonds is 7. The molecule has 0 aromatic carbocycles. The first-order valence-corrected chi connectivity index (χ1v) is 6.84. The normalized spacial score (nSPS) is 12.7. The number of hydrogen-bond acceptors (Lipinski definition) is 5. The molecule has 0 spiro atoms. The van der Waals surface area contributed by atoms with Crippen LogP contribution in [0.25, 0.3) is 11.2 Å². The maximum atomic E-state index is 5.84. The fourth-order valence-corrected chi connectivity index (χ4v) is 2.02. The van der Waals surface area contributed by atoms with Crippen LogP contribution in [0.4, 0.5) is 5.95 Å². The number of hydrogen-bond donors (Lipinski definition) is 2. The topological polar surface area (TPSA) is 89.7 Å². The van der Waals surface area contributed by atoms with Gasteiger partial charge in [0.25, 0.3) is 0 Å². The van der Waals surface area contributed by atoms with E-state index in [4.69, 9.17) is 10.5 Å². The minimum atomic E-state index is 0.109. The average molecular weight is 263 g/mol. The molecule has 0 aliphatic heterocycles. The van der Waals surface area contributed by atoms with Crippen LogP contribution < -0.4 is 10.5 Å². The van der Waals surface area contributed by atoms with E-state index in [-0.39, 0.29) is 12.1 Å². The highest BCUT2D eigenvalue weighted by Gasteiger charge is 2.12. The van der Waals surface area contributed by atoms with Gasteiger partial charge in [-0.05, 0) is 19.8 Å². The van der Waals surface area contributed by atoms with Crippen molar-refractivity contribution in [1.29, 1.82) is 0 Å². The van der Waals surface area contributed by atoms with Crippen LogP contribution in [-0.2, 0) is 0 Å². The number of aromatic amines is 1. The van der Waals surface area contributed by atoms with Gasteiger partial charge in [-0.15, -0.1) is 0 Å². The molecular formula is C13H21N5O. The van der Waals surface area contributed by atoms with Gasteiger partial charge in [0.05, 0.1) is 12.4 Å². The van der Waals surface area contributed by atoms with Gasteiger partial charge in [-0.1, -0.05) is 26.2 Å². The van der Waals surface area contributed by atoms with E-state index in [9.17, 15) is 0 Å². The van der Waals surface area contributed by atoms with Crippen molar-refractivity contribution in [2.75, 3.05) is 5.73 Å². The molecule has 0 bridgehead atoms. The van der Waals surface area contributed by atoms with Gasteiger partial charge >= 0.3 is 0 Å². The van der Waals surface area contributed by atoms with Gasteiger partial charge in [0, 0.05) is 0 Å². The van der Waals surface area contributed by atoms with E-state index < -0.39 is 0 Å². The molecule has 0 amide bonds. The number of nitrogens with one attached hydrogen (secondary N) is 1. The van der Waals surface area contributed by atoms with Crippen LogP contribution in [0.5, 0.6) is 5.88 Å². The molecule has 0 fully saturated rings. The Labute approximate surface area is 112 Å². The van der Waals surface area contributed by atoms with Gasteiger partial charge in [-0.25, -0.2) is 4.98 Å². The summed E-state index contributed by atoms with van der Waals surface area (Å²) in [6.07, 6.45) is 7.62. The molecule has 104 valence electrons. The highest BCUT2D eigenvalue weighted by Crippen LogP contribution is 2.22. The van der Waals surface area contributed by atoms with Crippen molar-refractivity contribution in [3.05, 3.63) is 6.33 Å². The monoisotopic (exact) mass is 263 g/mol. The lowest BCUT2D eigenvalue weighted by atomic mass is 10.1. The van der Waals surface area contributed by atoms with E-state index in [2.05, 4.69) is 26.9 Å². The van der Waals surface area contributed by atoms with Gasteiger partial charge in [-0.2, -0.15) is 9.97 Å². The largest absolute Gasteiger partial charge is 0.473 e. The Balaban J connectivity index is 1.98. The summed E-state index contributed by atoms with van der Waals surface area (Å²) >= 11 is 0. The second-order valence-corrected chi connectivity index (χ2v) is 4.77. The van der Waals surface area contributed by atoms with E-state index in [0.29, 0.717) is 17.0 Å². The third-order valence-electron chi connectivity index (χ3n) is 3.05. The number of nitrogens with zero attached hydrogens (tertiary/aromatic N) is 3. The molecule has 2 aromatic rings. The Morgan fingerprint density at radius 2 is 2.16 bits per heavy atom. The summed E-state index contributed by atoms with van der Waals surface area (Å²) < 4.78 is 5.84. The van der Waals surface area contributed by atoms with Gasteiger partial charge in [-0.3, -0.25) is 0 Å². The first kappa shape index (κ1) is 13.6. The molecule has 0 radical (unpaired) electrons. The van der Waals surface area contributed by atoms with Crippen molar-refractivity contribution in [3.63, 3.8) is 0 Å². The van der Waals surface area contributed by atoms with Gasteiger partial charge in [0.15, 0.2) is 5.65 Å². The van der Waals surface area contributed by atoms with Crippen molar-refractivity contribution in [1.82, 2.24) is 19.9 Å². The zero-order valence-corrected chi connectivity index (χ0v) is 11.5. The maximum Gasteiger partial charge on any atom is 0.245 e. The highest BCUT2D eigenvalue weighted by molar-refractivity contribution is 5.76. The second kappa shape index (κ2) is 6.36. The zero-order chi connectivity index (χ0) is 13.7. The molecule has 0 aliphatic rings. The minimum Gasteiger partial charge on any atom is -0.473 e. The third-order valence-corrected chi connectivity index (χ3v) is 3.05. The van der Waals surface area contributed by atoms with Crippen molar-refractivity contribution in [2.45, 2.75) is 52.1 Å². The third kappa shape index (κ3) is 3.56. The first-order valence-electron chi connectivity index (χ1n) is 6.84. The molecule has 6 nitrogen and oxygen atoms in total. The van der Waals surface area contributed by atoms with Gasteiger partial charge < -0.3 is 15.5 Å². The molecule has 2 heterocycles. The van der Waals surface area contributed by atoms with Crippen LogP contribution >= 0.6 is 0 Å². The summed E-state index contributed by atoms with van der Waals surface area (Å²) in [5.41, 5.74) is 6.89. The number of anilines is 1. The van der Waals surface area contributed by atoms with E-state index in [1.165, 1.54) is 25.7 Å². The number of nitrogens with two attached hydrogens (primary N) is 1. The number of ether oxygens (including phenoxy) is 1. The fraction of sp³-hybridized carbons (Fsp3) is 0.615. The highest BCUT2D eigenvalue weighted by atomic mass is 16.5. The van der Waals surface area contributed by atoms with E-state index >= 15 is 0 Å². The van der Waals surface area contributed by atoms with Crippen molar-refractivity contribution >= 4 is 17.1 Å². The molecular weight excluding hydrogens is 242 g/mol. The molecule has 1 unspecified atom stereocenters. The lowest BCUT2D eigenvalue weighted by Gasteiger charge is -2.14. The SMILES string of the molecule is CCCCCCC(C)Oc1nc(N)nc2nc[nH]c12. The number of unbranched alkanes of at least 4 members (excludes halogenated alkanes) is 3. The van der Waals surface area contributed by atoms with Crippen LogP contribution in [0.15, 0.2) is 6.33 Å². The molecule has 19 heavy (non-hydrogen) atoms. The smallest absolute Gasteiger partial charge is 0.245 e. The predicted octanol–water partition coefficient (Wildman–Crippen LogP) is 2.67. The maximum absolute atomic E-state index is 5.84. The van der Waals surface area contributed by atoms with Gasteiger partial charge in [0.1, 0.15) is 5.52 Å². The molecule has 0 saturated heterocycles. The Morgan fingerprint density at radius 3 is 2.95 bits per heavy atom. The Kier molecular flexibility index (Phi) is 4.54. The molecule has 0 aliphatic carbocycles. The van der Waals surface area contributed by atoms with Crippen molar-refractivity contribution in [2.24, 2.45) is 0 Å². The molecule has 6 heteroatoms. The Morgan fingerprint density at radius 1 is 1.32 bits per heavy atom. The van der Waals surface area contributed by atoms with Crippen molar-refractivity contribution < 1.29 is 4.74 Å². The lowest BCUT2D eigenvalue weighted by molar-refractivity contribution is 0.201. The predicted molar refractivity (Wildman–Crippen MR) is 74.9 cm³/mol. The molecule has 1 atom stereocenters. The Hall–Kier alpha value is -1.85. The van der Waals surface area contributed by atoms with Gasteiger partial charge in [0.2, 0.25) is 11.8 Å². The summed E-state index contributed by atoms with van der Waals surface area (Å²) in [5, 5.41) is 0. The number of nitrogen functional groups attached to an aromatic ring is 1. The molecule has 3 N–H and O–H groups in total. The summed E-state index contributed by atoms with van der Waals surface area (Å²) in [6, 6.07) is 0. The van der Waals surface area contributed by atoms with E-state index in [0.717, 1.165) is 6.42 Å². The quantitative estimate of drug-likeness (QED) is 0.749. The molecule has 0 saturated carbocycles.